The Kier molecular flexibility index (Phi) is 3.55. The minimum Gasteiger partial charge on any atom is -0.355 e. The van der Waals surface area contributed by atoms with Gasteiger partial charge in [-0.15, -0.1) is 0 Å². The van der Waals surface area contributed by atoms with Gasteiger partial charge in [-0.05, 0) is 35.1 Å². The van der Waals surface area contributed by atoms with E-state index in [0.717, 1.165) is 12.8 Å². The maximum Gasteiger partial charge on any atom is 0.216 e. The van der Waals surface area contributed by atoms with E-state index in [0.29, 0.717) is 6.54 Å². The third kappa shape index (κ3) is 2.46. The van der Waals surface area contributed by atoms with Gasteiger partial charge >= 0.3 is 0 Å². The average Bonchev–Trinajstić information content (AvgIpc) is 2.62. The fraction of sp³-hybridized carbons (Fsp3) is 0.278. The van der Waals surface area contributed by atoms with E-state index in [1.54, 1.807) is 6.92 Å². The van der Waals surface area contributed by atoms with Crippen molar-refractivity contribution in [2.24, 2.45) is 0 Å². The molecule has 0 saturated carbocycles. The molecule has 0 atom stereocenters. The van der Waals surface area contributed by atoms with Gasteiger partial charge in [0.15, 0.2) is 0 Å². The Morgan fingerprint density at radius 1 is 1.00 bits per heavy atom. The van der Waals surface area contributed by atoms with E-state index in [1.165, 1.54) is 22.3 Å². The molecule has 1 aliphatic carbocycles. The fourth-order valence-corrected chi connectivity index (χ4v) is 3.11. The van der Waals surface area contributed by atoms with Crippen molar-refractivity contribution in [1.82, 2.24) is 5.32 Å². The van der Waals surface area contributed by atoms with Crippen LogP contribution in [0, 0.1) is 0 Å². The molecule has 102 valence electrons. The number of hydrogen-bond donors (Lipinski definition) is 1. The Bertz CT molecular complexity index is 585. The standard InChI is InChI=1S/C18H19NO/c1-13(20)19-12-18-16-8-4-2-6-14(16)10-11-15-7-3-5-9-17(15)18/h2-9,18H,10-12H2,1H3,(H,19,20). The highest BCUT2D eigenvalue weighted by Crippen LogP contribution is 2.33. The number of carbonyl (C=O) groups is 1. The molecule has 2 aromatic rings. The van der Waals surface area contributed by atoms with Crippen molar-refractivity contribution < 1.29 is 4.79 Å². The van der Waals surface area contributed by atoms with Crippen LogP contribution in [0.25, 0.3) is 0 Å². The normalized spacial score (nSPS) is 14.1. The van der Waals surface area contributed by atoms with Gasteiger partial charge in [-0.3, -0.25) is 4.79 Å². The molecular formula is C18H19NO. The van der Waals surface area contributed by atoms with Gasteiger partial charge < -0.3 is 5.32 Å². The third-order valence-corrected chi connectivity index (χ3v) is 4.08. The minimum atomic E-state index is 0.0317. The zero-order valence-corrected chi connectivity index (χ0v) is 11.7. The highest BCUT2D eigenvalue weighted by molar-refractivity contribution is 5.73. The summed E-state index contributed by atoms with van der Waals surface area (Å²) in [6.45, 7) is 2.25. The van der Waals surface area contributed by atoms with Gasteiger partial charge in [0.2, 0.25) is 5.91 Å². The smallest absolute Gasteiger partial charge is 0.216 e. The summed E-state index contributed by atoms with van der Waals surface area (Å²) >= 11 is 0. The summed E-state index contributed by atoms with van der Waals surface area (Å²) < 4.78 is 0. The summed E-state index contributed by atoms with van der Waals surface area (Å²) in [7, 11) is 0. The van der Waals surface area contributed by atoms with E-state index in [1.807, 2.05) is 0 Å². The van der Waals surface area contributed by atoms with E-state index in [2.05, 4.69) is 53.8 Å². The minimum absolute atomic E-state index is 0.0317. The van der Waals surface area contributed by atoms with Crippen LogP contribution < -0.4 is 5.32 Å². The fourth-order valence-electron chi connectivity index (χ4n) is 3.11. The van der Waals surface area contributed by atoms with Crippen LogP contribution in [0.3, 0.4) is 0 Å². The molecule has 2 heteroatoms. The van der Waals surface area contributed by atoms with Crippen LogP contribution in [0.4, 0.5) is 0 Å². The monoisotopic (exact) mass is 265 g/mol. The quantitative estimate of drug-likeness (QED) is 0.888. The maximum absolute atomic E-state index is 11.3. The summed E-state index contributed by atoms with van der Waals surface area (Å²) in [6.07, 6.45) is 2.15. The number of rotatable bonds is 2. The van der Waals surface area contributed by atoms with Crippen LogP contribution in [-0.2, 0) is 17.6 Å². The molecule has 1 amide bonds. The molecule has 0 fully saturated rings. The van der Waals surface area contributed by atoms with E-state index in [4.69, 9.17) is 0 Å². The van der Waals surface area contributed by atoms with Crippen LogP contribution in [0.1, 0.15) is 35.1 Å². The Labute approximate surface area is 119 Å². The van der Waals surface area contributed by atoms with Crippen molar-refractivity contribution in [1.29, 1.82) is 0 Å². The second-order valence-electron chi connectivity index (χ2n) is 5.39. The molecule has 0 aliphatic heterocycles. The zero-order chi connectivity index (χ0) is 13.9. The van der Waals surface area contributed by atoms with Gasteiger partial charge in [0, 0.05) is 19.4 Å². The van der Waals surface area contributed by atoms with Crippen molar-refractivity contribution in [2.75, 3.05) is 6.54 Å². The summed E-state index contributed by atoms with van der Waals surface area (Å²) in [5.74, 6) is 0.290. The van der Waals surface area contributed by atoms with Crippen molar-refractivity contribution in [3.8, 4) is 0 Å². The molecular weight excluding hydrogens is 246 g/mol. The highest BCUT2D eigenvalue weighted by atomic mass is 16.1. The van der Waals surface area contributed by atoms with E-state index in [-0.39, 0.29) is 11.8 Å². The van der Waals surface area contributed by atoms with Crippen molar-refractivity contribution in [3.63, 3.8) is 0 Å². The second-order valence-corrected chi connectivity index (χ2v) is 5.39. The number of carbonyl (C=O) groups excluding carboxylic acids is 1. The van der Waals surface area contributed by atoms with Crippen LogP contribution >= 0.6 is 0 Å². The molecule has 1 aliphatic rings. The van der Waals surface area contributed by atoms with Crippen LogP contribution in [0.5, 0.6) is 0 Å². The Morgan fingerprint density at radius 2 is 1.50 bits per heavy atom. The van der Waals surface area contributed by atoms with Gasteiger partial charge in [-0.1, -0.05) is 48.5 Å². The summed E-state index contributed by atoms with van der Waals surface area (Å²) in [5, 5.41) is 2.99. The lowest BCUT2D eigenvalue weighted by atomic mass is 9.88. The molecule has 0 saturated heterocycles. The number of amides is 1. The molecule has 2 nitrogen and oxygen atoms in total. The van der Waals surface area contributed by atoms with Crippen LogP contribution in [-0.4, -0.2) is 12.5 Å². The molecule has 0 heterocycles. The van der Waals surface area contributed by atoms with E-state index >= 15 is 0 Å². The average molecular weight is 265 g/mol. The van der Waals surface area contributed by atoms with Gasteiger partial charge in [0.05, 0.1) is 0 Å². The summed E-state index contributed by atoms with van der Waals surface area (Å²) in [4.78, 5) is 11.3. The third-order valence-electron chi connectivity index (χ3n) is 4.08. The molecule has 0 radical (unpaired) electrons. The lowest BCUT2D eigenvalue weighted by Crippen LogP contribution is -2.27. The summed E-state index contributed by atoms with van der Waals surface area (Å²) in [5.41, 5.74) is 5.51. The zero-order valence-electron chi connectivity index (χ0n) is 11.7. The number of hydrogen-bond acceptors (Lipinski definition) is 1. The van der Waals surface area contributed by atoms with Crippen molar-refractivity contribution >= 4 is 5.91 Å². The first-order valence-corrected chi connectivity index (χ1v) is 7.16. The molecule has 0 aromatic heterocycles. The first kappa shape index (κ1) is 12.9. The van der Waals surface area contributed by atoms with Crippen molar-refractivity contribution in [3.05, 3.63) is 70.8 Å². The van der Waals surface area contributed by atoms with Gasteiger partial charge in [0.25, 0.3) is 0 Å². The van der Waals surface area contributed by atoms with Gasteiger partial charge in [-0.2, -0.15) is 0 Å². The topological polar surface area (TPSA) is 29.1 Å². The van der Waals surface area contributed by atoms with Crippen LogP contribution in [0.15, 0.2) is 48.5 Å². The Morgan fingerprint density at radius 3 is 2.00 bits per heavy atom. The van der Waals surface area contributed by atoms with Gasteiger partial charge in [0.1, 0.15) is 0 Å². The maximum atomic E-state index is 11.3. The molecule has 2 aromatic carbocycles. The lowest BCUT2D eigenvalue weighted by molar-refractivity contribution is -0.118. The Hall–Kier alpha value is -2.09. The molecule has 3 rings (SSSR count). The van der Waals surface area contributed by atoms with Gasteiger partial charge in [-0.25, -0.2) is 0 Å². The summed E-state index contributed by atoms with van der Waals surface area (Å²) in [6, 6.07) is 17.2. The number of benzene rings is 2. The number of aryl methyl sites for hydroxylation is 2. The predicted molar refractivity (Wildman–Crippen MR) is 80.8 cm³/mol. The van der Waals surface area contributed by atoms with Crippen molar-refractivity contribution in [2.45, 2.75) is 25.7 Å². The van der Waals surface area contributed by atoms with Crippen LogP contribution in [0.2, 0.25) is 0 Å². The molecule has 1 N–H and O–H groups in total. The largest absolute Gasteiger partial charge is 0.355 e. The molecule has 0 bridgehead atoms. The first-order valence-electron chi connectivity index (χ1n) is 7.16. The SMILES string of the molecule is CC(=O)NCC1c2ccccc2CCc2ccccc21. The molecule has 0 unspecified atom stereocenters. The van der Waals surface area contributed by atoms with E-state index in [9.17, 15) is 4.79 Å². The number of fused-ring (bicyclic) bond motifs is 2. The highest BCUT2D eigenvalue weighted by Gasteiger charge is 2.23. The molecule has 0 spiro atoms. The van der Waals surface area contributed by atoms with E-state index < -0.39 is 0 Å². The lowest BCUT2D eigenvalue weighted by Gasteiger charge is -2.20. The number of nitrogens with one attached hydrogen (secondary N) is 1. The predicted octanol–water partition coefficient (Wildman–Crippen LogP) is 3.05. The second kappa shape index (κ2) is 5.49. The Balaban J connectivity index is 2.06. The first-order chi connectivity index (χ1) is 9.75. The molecule has 20 heavy (non-hydrogen) atoms.